The SMILES string of the molecule is CC(C)c1cc(CNC(=O)N2CCN(c3ccncc3)CC2)no1. The normalized spacial score (nSPS) is 15.0. The van der Waals surface area contributed by atoms with Gasteiger partial charge < -0.3 is 19.6 Å². The summed E-state index contributed by atoms with van der Waals surface area (Å²) in [7, 11) is 0. The smallest absolute Gasteiger partial charge is 0.317 e. The van der Waals surface area contributed by atoms with Crippen LogP contribution in [0.4, 0.5) is 10.5 Å². The van der Waals surface area contributed by atoms with Gasteiger partial charge in [0.05, 0.1) is 6.54 Å². The number of rotatable bonds is 4. The molecule has 0 aliphatic carbocycles. The summed E-state index contributed by atoms with van der Waals surface area (Å²) in [6.07, 6.45) is 3.58. The Morgan fingerprint density at radius 3 is 2.58 bits per heavy atom. The van der Waals surface area contributed by atoms with E-state index in [1.165, 1.54) is 0 Å². The number of carbonyl (C=O) groups excluding carboxylic acids is 1. The number of aromatic nitrogens is 2. The lowest BCUT2D eigenvalue weighted by atomic mass is 10.1. The first-order chi connectivity index (χ1) is 11.6. The maximum Gasteiger partial charge on any atom is 0.317 e. The van der Waals surface area contributed by atoms with Crippen molar-refractivity contribution in [2.45, 2.75) is 26.3 Å². The molecule has 24 heavy (non-hydrogen) atoms. The van der Waals surface area contributed by atoms with Crippen molar-refractivity contribution in [3.8, 4) is 0 Å². The van der Waals surface area contributed by atoms with Gasteiger partial charge in [-0.05, 0) is 12.1 Å². The molecular weight excluding hydrogens is 306 g/mol. The fraction of sp³-hybridized carbons (Fsp3) is 0.471. The minimum Gasteiger partial charge on any atom is -0.368 e. The van der Waals surface area contributed by atoms with Gasteiger partial charge in [-0.2, -0.15) is 0 Å². The molecule has 2 aromatic rings. The van der Waals surface area contributed by atoms with Crippen molar-refractivity contribution in [1.29, 1.82) is 0 Å². The van der Waals surface area contributed by atoms with Crippen molar-refractivity contribution < 1.29 is 9.32 Å². The number of urea groups is 1. The summed E-state index contributed by atoms with van der Waals surface area (Å²) in [6, 6.07) is 5.82. The first-order valence-corrected chi connectivity index (χ1v) is 8.26. The fourth-order valence-electron chi connectivity index (χ4n) is 2.68. The zero-order chi connectivity index (χ0) is 16.9. The van der Waals surface area contributed by atoms with Crippen molar-refractivity contribution in [2.75, 3.05) is 31.1 Å². The monoisotopic (exact) mass is 329 g/mol. The lowest BCUT2D eigenvalue weighted by Gasteiger charge is -2.35. The quantitative estimate of drug-likeness (QED) is 0.931. The first-order valence-electron chi connectivity index (χ1n) is 8.26. The van der Waals surface area contributed by atoms with Crippen molar-refractivity contribution >= 4 is 11.7 Å². The number of nitrogens with zero attached hydrogens (tertiary/aromatic N) is 4. The Kier molecular flexibility index (Phi) is 4.98. The molecule has 7 heteroatoms. The number of hydrogen-bond donors (Lipinski definition) is 1. The van der Waals surface area contributed by atoms with Crippen LogP contribution < -0.4 is 10.2 Å². The highest BCUT2D eigenvalue weighted by atomic mass is 16.5. The van der Waals surface area contributed by atoms with Crippen LogP contribution >= 0.6 is 0 Å². The highest BCUT2D eigenvalue weighted by Crippen LogP contribution is 2.16. The Labute approximate surface area is 141 Å². The number of amides is 2. The van der Waals surface area contributed by atoms with Crippen LogP contribution in [0, 0.1) is 0 Å². The van der Waals surface area contributed by atoms with Gasteiger partial charge in [0.15, 0.2) is 0 Å². The van der Waals surface area contributed by atoms with Crippen molar-refractivity contribution in [3.63, 3.8) is 0 Å². The summed E-state index contributed by atoms with van der Waals surface area (Å²) < 4.78 is 5.24. The van der Waals surface area contributed by atoms with Gasteiger partial charge in [0, 0.05) is 56.2 Å². The zero-order valence-corrected chi connectivity index (χ0v) is 14.1. The van der Waals surface area contributed by atoms with Gasteiger partial charge in [-0.1, -0.05) is 19.0 Å². The summed E-state index contributed by atoms with van der Waals surface area (Å²) in [4.78, 5) is 20.4. The number of piperazine rings is 1. The van der Waals surface area contributed by atoms with Crippen LogP contribution in [0.15, 0.2) is 35.1 Å². The molecule has 1 saturated heterocycles. The van der Waals surface area contributed by atoms with Crippen LogP contribution in [-0.2, 0) is 6.54 Å². The molecule has 7 nitrogen and oxygen atoms in total. The molecule has 128 valence electrons. The highest BCUT2D eigenvalue weighted by molar-refractivity contribution is 5.74. The van der Waals surface area contributed by atoms with Gasteiger partial charge in [0.1, 0.15) is 11.5 Å². The summed E-state index contributed by atoms with van der Waals surface area (Å²) in [5.41, 5.74) is 1.90. The Morgan fingerprint density at radius 2 is 1.96 bits per heavy atom. The molecule has 0 spiro atoms. The molecule has 1 fully saturated rings. The Morgan fingerprint density at radius 1 is 1.25 bits per heavy atom. The number of nitrogens with one attached hydrogen (secondary N) is 1. The minimum atomic E-state index is -0.0570. The molecule has 0 radical (unpaired) electrons. The van der Waals surface area contributed by atoms with E-state index >= 15 is 0 Å². The van der Waals surface area contributed by atoms with E-state index in [-0.39, 0.29) is 6.03 Å². The van der Waals surface area contributed by atoms with Crippen molar-refractivity contribution in [3.05, 3.63) is 42.0 Å². The van der Waals surface area contributed by atoms with E-state index in [9.17, 15) is 4.79 Å². The van der Waals surface area contributed by atoms with E-state index in [1.807, 2.05) is 36.9 Å². The van der Waals surface area contributed by atoms with Crippen LogP contribution in [0.1, 0.15) is 31.2 Å². The second kappa shape index (κ2) is 7.33. The number of pyridine rings is 1. The predicted octanol–water partition coefficient (Wildman–Crippen LogP) is 2.22. The number of hydrogen-bond acceptors (Lipinski definition) is 5. The molecule has 0 atom stereocenters. The lowest BCUT2D eigenvalue weighted by Crippen LogP contribution is -2.51. The predicted molar refractivity (Wildman–Crippen MR) is 90.9 cm³/mol. The second-order valence-electron chi connectivity index (χ2n) is 6.21. The van der Waals surface area contributed by atoms with Crippen molar-refractivity contribution in [1.82, 2.24) is 20.4 Å². The fourth-order valence-corrected chi connectivity index (χ4v) is 2.68. The number of carbonyl (C=O) groups is 1. The summed E-state index contributed by atoms with van der Waals surface area (Å²) in [5.74, 6) is 1.13. The minimum absolute atomic E-state index is 0.0570. The molecule has 0 unspecified atom stereocenters. The third-order valence-electron chi connectivity index (χ3n) is 4.16. The molecular formula is C17H23N5O2. The molecule has 2 amide bonds. The van der Waals surface area contributed by atoms with Gasteiger partial charge in [0.25, 0.3) is 0 Å². The van der Waals surface area contributed by atoms with Crippen LogP contribution in [0.25, 0.3) is 0 Å². The van der Waals surface area contributed by atoms with E-state index in [2.05, 4.69) is 20.4 Å². The second-order valence-corrected chi connectivity index (χ2v) is 6.21. The Hall–Kier alpha value is -2.57. The molecule has 2 aromatic heterocycles. The third kappa shape index (κ3) is 3.84. The van der Waals surface area contributed by atoms with E-state index < -0.39 is 0 Å². The van der Waals surface area contributed by atoms with Crippen LogP contribution in [-0.4, -0.2) is 47.3 Å². The van der Waals surface area contributed by atoms with Crippen LogP contribution in [0.3, 0.4) is 0 Å². The van der Waals surface area contributed by atoms with Gasteiger partial charge in [-0.15, -0.1) is 0 Å². The van der Waals surface area contributed by atoms with Crippen LogP contribution in [0.5, 0.6) is 0 Å². The number of anilines is 1. The molecule has 0 aromatic carbocycles. The summed E-state index contributed by atoms with van der Waals surface area (Å²) in [6.45, 7) is 7.52. The largest absolute Gasteiger partial charge is 0.368 e. The maximum absolute atomic E-state index is 12.3. The highest BCUT2D eigenvalue weighted by Gasteiger charge is 2.21. The van der Waals surface area contributed by atoms with E-state index in [0.29, 0.717) is 25.6 Å². The average molecular weight is 329 g/mol. The standard InChI is InChI=1S/C17H23N5O2/c1-13(2)16-11-14(20-24-16)12-19-17(23)22-9-7-21(8-10-22)15-3-5-18-6-4-15/h3-6,11,13H,7-10,12H2,1-2H3,(H,19,23). The van der Waals surface area contributed by atoms with Gasteiger partial charge in [0.2, 0.25) is 0 Å². The third-order valence-corrected chi connectivity index (χ3v) is 4.16. The first kappa shape index (κ1) is 16.3. The topological polar surface area (TPSA) is 74.5 Å². The van der Waals surface area contributed by atoms with E-state index in [0.717, 1.165) is 30.2 Å². The molecule has 0 bridgehead atoms. The molecule has 1 aliphatic rings. The summed E-state index contributed by atoms with van der Waals surface area (Å²) >= 11 is 0. The molecule has 3 rings (SSSR count). The zero-order valence-electron chi connectivity index (χ0n) is 14.1. The van der Waals surface area contributed by atoms with Gasteiger partial charge in [-0.25, -0.2) is 4.79 Å². The molecule has 0 saturated carbocycles. The maximum atomic E-state index is 12.3. The Bertz CT molecular complexity index is 663. The summed E-state index contributed by atoms with van der Waals surface area (Å²) in [5, 5.41) is 6.90. The van der Waals surface area contributed by atoms with Gasteiger partial charge in [-0.3, -0.25) is 4.98 Å². The Balaban J connectivity index is 1.46. The molecule has 1 aliphatic heterocycles. The van der Waals surface area contributed by atoms with E-state index in [4.69, 9.17) is 4.52 Å². The van der Waals surface area contributed by atoms with Crippen LogP contribution in [0.2, 0.25) is 0 Å². The van der Waals surface area contributed by atoms with Crippen molar-refractivity contribution in [2.24, 2.45) is 0 Å². The molecule has 1 N–H and O–H groups in total. The average Bonchev–Trinajstić information content (AvgIpc) is 3.10. The van der Waals surface area contributed by atoms with Gasteiger partial charge >= 0.3 is 6.03 Å². The lowest BCUT2D eigenvalue weighted by molar-refractivity contribution is 0.193. The van der Waals surface area contributed by atoms with E-state index in [1.54, 1.807) is 12.4 Å². The molecule has 3 heterocycles.